The molecular weight excluding hydrogens is 211 g/mol. The zero-order valence-electron chi connectivity index (χ0n) is 8.94. The summed E-state index contributed by atoms with van der Waals surface area (Å²) in [5, 5.41) is 8.60. The summed E-state index contributed by atoms with van der Waals surface area (Å²) in [6, 6.07) is 5.72. The number of carbonyl (C=O) groups excluding carboxylic acids is 1. The molecule has 1 rings (SSSR count). The molecule has 0 saturated heterocycles. The van der Waals surface area contributed by atoms with E-state index in [2.05, 4.69) is 0 Å². The van der Waals surface area contributed by atoms with Crippen molar-refractivity contribution in [3.8, 4) is 0 Å². The normalized spacial score (nSPS) is 12.1. The first-order valence-corrected chi connectivity index (χ1v) is 5.06. The second-order valence-corrected chi connectivity index (χ2v) is 3.61. The summed E-state index contributed by atoms with van der Waals surface area (Å²) in [4.78, 5) is 21.8. The molecule has 0 bridgehead atoms. The molecule has 86 valence electrons. The summed E-state index contributed by atoms with van der Waals surface area (Å²) >= 11 is 0. The smallest absolute Gasteiger partial charge is 0.372 e. The highest BCUT2D eigenvalue weighted by Crippen LogP contribution is 2.14. The Labute approximate surface area is 92.9 Å². The minimum absolute atomic E-state index is 0.335. The predicted octanol–water partition coefficient (Wildman–Crippen LogP) is 2.05. The van der Waals surface area contributed by atoms with Gasteiger partial charge in [-0.2, -0.15) is 0 Å². The van der Waals surface area contributed by atoms with Crippen LogP contribution in [0.3, 0.4) is 0 Å². The van der Waals surface area contributed by atoms with Crippen molar-refractivity contribution in [1.29, 1.82) is 0 Å². The lowest BCUT2D eigenvalue weighted by Gasteiger charge is -2.10. The number of ketones is 1. The van der Waals surface area contributed by atoms with E-state index in [1.807, 2.05) is 0 Å². The van der Waals surface area contributed by atoms with E-state index in [-0.39, 0.29) is 5.82 Å². The highest BCUT2D eigenvalue weighted by atomic mass is 19.1. The standard InChI is InChI=1S/C12H13FO3/c1-2-9(11(14)12(15)16)7-8-3-5-10(13)6-4-8/h3-6,9H,2,7H2,1H3,(H,15,16). The Morgan fingerprint density at radius 3 is 2.31 bits per heavy atom. The maximum atomic E-state index is 12.6. The van der Waals surface area contributed by atoms with Crippen LogP contribution in [-0.4, -0.2) is 16.9 Å². The van der Waals surface area contributed by atoms with E-state index >= 15 is 0 Å². The molecular formula is C12H13FO3. The molecule has 1 aromatic rings. The molecule has 0 saturated carbocycles. The summed E-state index contributed by atoms with van der Waals surface area (Å²) in [5.41, 5.74) is 0.767. The van der Waals surface area contributed by atoms with Gasteiger partial charge in [0.25, 0.3) is 0 Å². The molecule has 0 amide bonds. The van der Waals surface area contributed by atoms with Crippen LogP contribution in [0.1, 0.15) is 18.9 Å². The Balaban J connectivity index is 2.74. The molecule has 0 spiro atoms. The van der Waals surface area contributed by atoms with Crippen molar-refractivity contribution in [3.05, 3.63) is 35.6 Å². The Morgan fingerprint density at radius 2 is 1.88 bits per heavy atom. The lowest BCUT2D eigenvalue weighted by molar-refractivity contribution is -0.151. The van der Waals surface area contributed by atoms with Gasteiger partial charge >= 0.3 is 5.97 Å². The molecule has 0 radical (unpaired) electrons. The van der Waals surface area contributed by atoms with Crippen LogP contribution < -0.4 is 0 Å². The van der Waals surface area contributed by atoms with Crippen LogP contribution >= 0.6 is 0 Å². The number of carbonyl (C=O) groups is 2. The maximum absolute atomic E-state index is 12.6. The van der Waals surface area contributed by atoms with Gasteiger partial charge in [-0.1, -0.05) is 19.1 Å². The lowest BCUT2D eigenvalue weighted by Crippen LogP contribution is -2.24. The molecule has 16 heavy (non-hydrogen) atoms. The SMILES string of the molecule is CCC(Cc1ccc(F)cc1)C(=O)C(=O)O. The zero-order chi connectivity index (χ0) is 12.1. The van der Waals surface area contributed by atoms with E-state index in [4.69, 9.17) is 5.11 Å². The first-order valence-electron chi connectivity index (χ1n) is 5.06. The van der Waals surface area contributed by atoms with E-state index in [0.717, 1.165) is 5.56 Å². The van der Waals surface area contributed by atoms with Gasteiger partial charge in [-0.05, 0) is 30.5 Å². The van der Waals surface area contributed by atoms with Crippen LogP contribution in [0.5, 0.6) is 0 Å². The highest BCUT2D eigenvalue weighted by Gasteiger charge is 2.23. The minimum atomic E-state index is -1.41. The molecule has 1 N–H and O–H groups in total. The molecule has 1 unspecified atom stereocenters. The van der Waals surface area contributed by atoms with Crippen molar-refractivity contribution < 1.29 is 19.1 Å². The van der Waals surface area contributed by atoms with Crippen molar-refractivity contribution in [2.75, 3.05) is 0 Å². The summed E-state index contributed by atoms with van der Waals surface area (Å²) in [6.45, 7) is 1.76. The number of carboxylic acid groups (broad SMARTS) is 1. The Bertz CT molecular complexity index is 384. The topological polar surface area (TPSA) is 54.4 Å². The summed E-state index contributed by atoms with van der Waals surface area (Å²) in [5.74, 6) is -3.08. The van der Waals surface area contributed by atoms with Crippen molar-refractivity contribution in [2.45, 2.75) is 19.8 Å². The molecule has 4 heteroatoms. The number of hydrogen-bond acceptors (Lipinski definition) is 2. The average molecular weight is 224 g/mol. The van der Waals surface area contributed by atoms with Gasteiger partial charge in [-0.25, -0.2) is 9.18 Å². The molecule has 0 fully saturated rings. The quantitative estimate of drug-likeness (QED) is 0.779. The Morgan fingerprint density at radius 1 is 1.31 bits per heavy atom. The Hall–Kier alpha value is -1.71. The lowest BCUT2D eigenvalue weighted by atomic mass is 9.93. The largest absolute Gasteiger partial charge is 0.475 e. The predicted molar refractivity (Wildman–Crippen MR) is 56.5 cm³/mol. The van der Waals surface area contributed by atoms with Crippen LogP contribution in [0.4, 0.5) is 4.39 Å². The number of benzene rings is 1. The third-order valence-electron chi connectivity index (χ3n) is 2.47. The number of hydrogen-bond donors (Lipinski definition) is 1. The molecule has 0 heterocycles. The first-order chi connectivity index (χ1) is 7.54. The number of Topliss-reactive ketones (excluding diaryl/α,β-unsaturated/α-hetero) is 1. The third kappa shape index (κ3) is 3.15. The van der Waals surface area contributed by atoms with Crippen molar-refractivity contribution in [1.82, 2.24) is 0 Å². The third-order valence-corrected chi connectivity index (χ3v) is 2.47. The summed E-state index contributed by atoms with van der Waals surface area (Å²) in [7, 11) is 0. The fourth-order valence-corrected chi connectivity index (χ4v) is 1.50. The fourth-order valence-electron chi connectivity index (χ4n) is 1.50. The monoisotopic (exact) mass is 224 g/mol. The Kier molecular flexibility index (Phi) is 4.17. The maximum Gasteiger partial charge on any atom is 0.372 e. The van der Waals surface area contributed by atoms with Crippen LogP contribution in [0.25, 0.3) is 0 Å². The molecule has 3 nitrogen and oxygen atoms in total. The van der Waals surface area contributed by atoms with Gasteiger partial charge in [0.05, 0.1) is 0 Å². The summed E-state index contributed by atoms with van der Waals surface area (Å²) in [6.07, 6.45) is 0.796. The molecule has 0 aliphatic rings. The van der Waals surface area contributed by atoms with Crippen LogP contribution in [0, 0.1) is 11.7 Å². The number of aliphatic carboxylic acids is 1. The molecule has 0 aromatic heterocycles. The molecule has 1 aromatic carbocycles. The summed E-state index contributed by atoms with van der Waals surface area (Å²) < 4.78 is 12.6. The molecule has 0 aliphatic heterocycles. The van der Waals surface area contributed by atoms with Gasteiger partial charge < -0.3 is 5.11 Å². The first kappa shape index (κ1) is 12.4. The average Bonchev–Trinajstić information content (AvgIpc) is 2.27. The van der Waals surface area contributed by atoms with Gasteiger partial charge in [-0.15, -0.1) is 0 Å². The van der Waals surface area contributed by atoms with Crippen LogP contribution in [-0.2, 0) is 16.0 Å². The number of carboxylic acids is 1. The van der Waals surface area contributed by atoms with Gasteiger partial charge in [0.2, 0.25) is 5.78 Å². The van der Waals surface area contributed by atoms with E-state index in [9.17, 15) is 14.0 Å². The minimum Gasteiger partial charge on any atom is -0.475 e. The van der Waals surface area contributed by atoms with E-state index in [1.165, 1.54) is 12.1 Å². The fraction of sp³-hybridized carbons (Fsp3) is 0.333. The van der Waals surface area contributed by atoms with Crippen LogP contribution in [0.2, 0.25) is 0 Å². The molecule has 1 atom stereocenters. The van der Waals surface area contributed by atoms with Crippen molar-refractivity contribution >= 4 is 11.8 Å². The van der Waals surface area contributed by atoms with Gasteiger partial charge in [0.1, 0.15) is 5.82 Å². The van der Waals surface area contributed by atoms with Crippen molar-refractivity contribution in [3.63, 3.8) is 0 Å². The number of rotatable bonds is 5. The second kappa shape index (κ2) is 5.39. The highest BCUT2D eigenvalue weighted by molar-refractivity contribution is 6.33. The van der Waals surface area contributed by atoms with Gasteiger partial charge in [0, 0.05) is 5.92 Å². The second-order valence-electron chi connectivity index (χ2n) is 3.61. The van der Waals surface area contributed by atoms with Gasteiger partial charge in [0.15, 0.2) is 0 Å². The van der Waals surface area contributed by atoms with E-state index < -0.39 is 17.7 Å². The van der Waals surface area contributed by atoms with E-state index in [1.54, 1.807) is 19.1 Å². The van der Waals surface area contributed by atoms with Crippen molar-refractivity contribution in [2.24, 2.45) is 5.92 Å². The zero-order valence-corrected chi connectivity index (χ0v) is 8.94. The van der Waals surface area contributed by atoms with Gasteiger partial charge in [-0.3, -0.25) is 4.79 Å². The van der Waals surface area contributed by atoms with Crippen LogP contribution in [0.15, 0.2) is 24.3 Å². The number of halogens is 1. The van der Waals surface area contributed by atoms with E-state index in [0.29, 0.717) is 12.8 Å². The molecule has 0 aliphatic carbocycles.